The van der Waals surface area contributed by atoms with Gasteiger partial charge in [0, 0.05) is 16.1 Å². The van der Waals surface area contributed by atoms with E-state index in [0.717, 1.165) is 15.7 Å². The van der Waals surface area contributed by atoms with Crippen molar-refractivity contribution < 1.29 is 14.3 Å². The quantitative estimate of drug-likeness (QED) is 0.353. The second-order valence-electron chi connectivity index (χ2n) is 7.08. The highest BCUT2D eigenvalue weighted by Crippen LogP contribution is 2.25. The second-order valence-corrected chi connectivity index (χ2v) is 8.13. The van der Waals surface area contributed by atoms with Crippen molar-refractivity contribution in [1.29, 1.82) is 0 Å². The minimum Gasteiger partial charge on any atom is -0.495 e. The molecule has 0 saturated carbocycles. The average Bonchev–Trinajstić information content (AvgIpc) is 2.83. The van der Waals surface area contributed by atoms with E-state index in [4.69, 9.17) is 4.74 Å². The third-order valence-corrected chi connectivity index (χ3v) is 5.89. The molecule has 6 heteroatoms. The zero-order chi connectivity index (χ0) is 22.3. The number of rotatable bonds is 7. The molecule has 2 amide bonds. The van der Waals surface area contributed by atoms with E-state index in [0.29, 0.717) is 22.7 Å². The van der Waals surface area contributed by atoms with Gasteiger partial charge in [-0.2, -0.15) is 0 Å². The highest BCUT2D eigenvalue weighted by atomic mass is 32.2. The zero-order valence-electron chi connectivity index (χ0n) is 17.5. The summed E-state index contributed by atoms with van der Waals surface area (Å²) in [5.74, 6) is 0.610. The molecular formula is C26H22N2O3S. The summed E-state index contributed by atoms with van der Waals surface area (Å²) in [4.78, 5) is 25.8. The first kappa shape index (κ1) is 21.5. The van der Waals surface area contributed by atoms with E-state index in [9.17, 15) is 9.59 Å². The molecule has 32 heavy (non-hydrogen) atoms. The molecule has 0 radical (unpaired) electrons. The zero-order valence-corrected chi connectivity index (χ0v) is 18.3. The summed E-state index contributed by atoms with van der Waals surface area (Å²) in [6, 6.07) is 28.3. The van der Waals surface area contributed by atoms with Crippen LogP contribution in [-0.4, -0.2) is 24.7 Å². The fraction of sp³-hybridized carbons (Fsp3) is 0.0769. The number of para-hydroxylation sites is 2. The number of nitrogens with one attached hydrogen (secondary N) is 2. The van der Waals surface area contributed by atoms with Crippen molar-refractivity contribution in [2.24, 2.45) is 0 Å². The van der Waals surface area contributed by atoms with Gasteiger partial charge in [0.25, 0.3) is 5.91 Å². The van der Waals surface area contributed by atoms with Gasteiger partial charge in [0.05, 0.1) is 18.6 Å². The van der Waals surface area contributed by atoms with Gasteiger partial charge < -0.3 is 15.4 Å². The topological polar surface area (TPSA) is 67.4 Å². The van der Waals surface area contributed by atoms with Crippen LogP contribution in [0.25, 0.3) is 10.8 Å². The fourth-order valence-corrected chi connectivity index (χ4v) is 3.95. The smallest absolute Gasteiger partial charge is 0.255 e. The number of carbonyl (C=O) groups excluding carboxylic acids is 2. The van der Waals surface area contributed by atoms with E-state index >= 15 is 0 Å². The van der Waals surface area contributed by atoms with Crippen molar-refractivity contribution in [2.45, 2.75) is 4.90 Å². The van der Waals surface area contributed by atoms with Gasteiger partial charge >= 0.3 is 0 Å². The number of ether oxygens (including phenoxy) is 1. The molecule has 0 bridgehead atoms. The molecule has 0 aliphatic heterocycles. The maximum atomic E-state index is 12.6. The fourth-order valence-electron chi connectivity index (χ4n) is 3.25. The van der Waals surface area contributed by atoms with Crippen LogP contribution in [0.5, 0.6) is 5.75 Å². The van der Waals surface area contributed by atoms with Gasteiger partial charge in [0.2, 0.25) is 5.91 Å². The first-order valence-corrected chi connectivity index (χ1v) is 11.1. The van der Waals surface area contributed by atoms with Crippen LogP contribution in [-0.2, 0) is 4.79 Å². The van der Waals surface area contributed by atoms with Gasteiger partial charge in [0.15, 0.2) is 0 Å². The summed E-state index contributed by atoms with van der Waals surface area (Å²) in [6.07, 6.45) is 0. The summed E-state index contributed by atoms with van der Waals surface area (Å²) in [6.45, 7) is 0. The molecule has 0 unspecified atom stereocenters. The summed E-state index contributed by atoms with van der Waals surface area (Å²) in [5, 5.41) is 7.90. The molecule has 0 spiro atoms. The summed E-state index contributed by atoms with van der Waals surface area (Å²) >= 11 is 1.42. The van der Waals surface area contributed by atoms with Crippen molar-refractivity contribution in [3.63, 3.8) is 0 Å². The van der Waals surface area contributed by atoms with Gasteiger partial charge in [-0.1, -0.05) is 42.5 Å². The Morgan fingerprint density at radius 2 is 1.53 bits per heavy atom. The summed E-state index contributed by atoms with van der Waals surface area (Å²) < 4.78 is 5.25. The highest BCUT2D eigenvalue weighted by Gasteiger charge is 2.09. The molecule has 4 aromatic rings. The third kappa shape index (κ3) is 5.28. The van der Waals surface area contributed by atoms with Crippen LogP contribution in [0.3, 0.4) is 0 Å². The van der Waals surface area contributed by atoms with Crippen LogP contribution in [0.15, 0.2) is 95.9 Å². The summed E-state index contributed by atoms with van der Waals surface area (Å²) in [5.41, 5.74) is 1.95. The number of anilines is 2. The van der Waals surface area contributed by atoms with E-state index in [1.54, 1.807) is 19.2 Å². The Bertz CT molecular complexity index is 1260. The van der Waals surface area contributed by atoms with E-state index < -0.39 is 0 Å². The van der Waals surface area contributed by atoms with E-state index in [2.05, 4.69) is 10.6 Å². The van der Waals surface area contributed by atoms with Crippen LogP contribution in [0, 0.1) is 0 Å². The lowest BCUT2D eigenvalue weighted by Crippen LogP contribution is -2.14. The van der Waals surface area contributed by atoms with Crippen LogP contribution in [0.2, 0.25) is 0 Å². The lowest BCUT2D eigenvalue weighted by Gasteiger charge is -2.10. The maximum absolute atomic E-state index is 12.6. The van der Waals surface area contributed by atoms with E-state index in [1.807, 2.05) is 78.9 Å². The number of carbonyl (C=O) groups is 2. The first-order chi connectivity index (χ1) is 15.6. The lowest BCUT2D eigenvalue weighted by atomic mass is 10.1. The van der Waals surface area contributed by atoms with Crippen molar-refractivity contribution in [3.8, 4) is 5.75 Å². The molecule has 5 nitrogen and oxygen atoms in total. The Labute approximate surface area is 190 Å². The molecule has 0 fully saturated rings. The molecular weight excluding hydrogens is 420 g/mol. The molecule has 0 saturated heterocycles. The first-order valence-electron chi connectivity index (χ1n) is 10.1. The molecule has 0 heterocycles. The molecule has 0 aliphatic carbocycles. The predicted molar refractivity (Wildman–Crippen MR) is 131 cm³/mol. The minimum atomic E-state index is -0.160. The van der Waals surface area contributed by atoms with Crippen LogP contribution < -0.4 is 15.4 Å². The van der Waals surface area contributed by atoms with Crippen LogP contribution >= 0.6 is 11.8 Å². The maximum Gasteiger partial charge on any atom is 0.255 e. The lowest BCUT2D eigenvalue weighted by molar-refractivity contribution is -0.113. The molecule has 0 aliphatic rings. The van der Waals surface area contributed by atoms with Crippen molar-refractivity contribution >= 4 is 45.7 Å². The number of thioether (sulfide) groups is 1. The molecule has 2 N–H and O–H groups in total. The third-order valence-electron chi connectivity index (χ3n) is 4.87. The second kappa shape index (κ2) is 10.0. The number of hydrogen-bond acceptors (Lipinski definition) is 4. The van der Waals surface area contributed by atoms with Crippen molar-refractivity contribution in [3.05, 3.63) is 96.6 Å². The minimum absolute atomic E-state index is 0.117. The van der Waals surface area contributed by atoms with Gasteiger partial charge in [-0.15, -0.1) is 11.8 Å². The Balaban J connectivity index is 1.32. The highest BCUT2D eigenvalue weighted by molar-refractivity contribution is 8.00. The molecule has 0 atom stereocenters. The number of amides is 2. The average molecular weight is 443 g/mol. The number of fused-ring (bicyclic) bond motifs is 1. The Hall–Kier alpha value is -3.77. The Kier molecular flexibility index (Phi) is 6.72. The standard InChI is InChI=1S/C26H22N2O3S/c1-31-24-9-5-4-8-23(24)28-25(29)17-32-22-14-12-21(13-15-22)27-26(30)20-11-10-18-6-2-3-7-19(18)16-20/h2-16H,17H2,1H3,(H,27,30)(H,28,29). The Morgan fingerprint density at radius 3 is 2.31 bits per heavy atom. The van der Waals surface area contributed by atoms with Crippen molar-refractivity contribution in [1.82, 2.24) is 0 Å². The SMILES string of the molecule is COc1ccccc1NC(=O)CSc1ccc(NC(=O)c2ccc3ccccc3c2)cc1. The normalized spacial score (nSPS) is 10.5. The van der Waals surface area contributed by atoms with E-state index in [-0.39, 0.29) is 17.6 Å². The van der Waals surface area contributed by atoms with Gasteiger partial charge in [-0.05, 0) is 59.3 Å². The van der Waals surface area contributed by atoms with E-state index in [1.165, 1.54) is 11.8 Å². The van der Waals surface area contributed by atoms with Crippen LogP contribution in [0.1, 0.15) is 10.4 Å². The molecule has 4 aromatic carbocycles. The van der Waals surface area contributed by atoms with Crippen LogP contribution in [0.4, 0.5) is 11.4 Å². The number of hydrogen-bond donors (Lipinski definition) is 2. The monoisotopic (exact) mass is 442 g/mol. The number of methoxy groups -OCH3 is 1. The molecule has 4 rings (SSSR count). The molecule has 0 aromatic heterocycles. The number of benzene rings is 4. The van der Waals surface area contributed by atoms with Gasteiger partial charge in [-0.3, -0.25) is 9.59 Å². The van der Waals surface area contributed by atoms with Crippen molar-refractivity contribution in [2.75, 3.05) is 23.5 Å². The van der Waals surface area contributed by atoms with Gasteiger partial charge in [-0.25, -0.2) is 0 Å². The summed E-state index contributed by atoms with van der Waals surface area (Å²) in [7, 11) is 1.57. The predicted octanol–water partition coefficient (Wildman–Crippen LogP) is 5.83. The Morgan fingerprint density at radius 1 is 0.812 bits per heavy atom. The molecule has 160 valence electrons. The largest absolute Gasteiger partial charge is 0.495 e. The van der Waals surface area contributed by atoms with Gasteiger partial charge in [0.1, 0.15) is 5.75 Å².